The van der Waals surface area contributed by atoms with Crippen LogP contribution in [0.4, 0.5) is 4.79 Å². The van der Waals surface area contributed by atoms with Crippen molar-refractivity contribution in [3.63, 3.8) is 0 Å². The quantitative estimate of drug-likeness (QED) is 0.406. The summed E-state index contributed by atoms with van der Waals surface area (Å²) in [5.41, 5.74) is 0.848. The molecule has 1 rings (SSSR count). The number of carbonyl (C=O) groups excluding carboxylic acids is 1. The Bertz CT molecular complexity index is 606. The van der Waals surface area contributed by atoms with Crippen molar-refractivity contribution in [2.24, 2.45) is 0 Å². The number of hydrogen-bond acceptors (Lipinski definition) is 6. The van der Waals surface area contributed by atoms with Crippen LogP contribution in [-0.4, -0.2) is 74.3 Å². The highest BCUT2D eigenvalue weighted by Gasteiger charge is 2.18. The van der Waals surface area contributed by atoms with Gasteiger partial charge in [0, 0.05) is 26.2 Å². The van der Waals surface area contributed by atoms with Crippen molar-refractivity contribution < 1.29 is 33.6 Å². The fourth-order valence-corrected chi connectivity index (χ4v) is 2.66. The third-order valence-electron chi connectivity index (χ3n) is 4.29. The normalized spacial score (nSPS) is 11.7. The Morgan fingerprint density at radius 3 is 2.30 bits per heavy atom. The zero-order valence-corrected chi connectivity index (χ0v) is 18.3. The molecule has 0 aliphatic rings. The number of unbranched alkanes of at least 4 members (excludes halogenated alkanes) is 1. The minimum absolute atomic E-state index is 0.290. The highest BCUT2D eigenvalue weighted by atomic mass is 16.6. The third-order valence-corrected chi connectivity index (χ3v) is 4.29. The van der Waals surface area contributed by atoms with Gasteiger partial charge in [0.15, 0.2) is 6.10 Å². The van der Waals surface area contributed by atoms with Crippen molar-refractivity contribution in [3.8, 4) is 5.75 Å². The summed E-state index contributed by atoms with van der Waals surface area (Å²) < 4.78 is 21.6. The van der Waals surface area contributed by atoms with Crippen molar-refractivity contribution in [2.45, 2.75) is 46.1 Å². The Kier molecular flexibility index (Phi) is 13.3. The molecule has 170 valence electrons. The van der Waals surface area contributed by atoms with Gasteiger partial charge in [0.1, 0.15) is 12.4 Å². The molecule has 0 spiro atoms. The van der Waals surface area contributed by atoms with E-state index in [-0.39, 0.29) is 12.5 Å². The van der Waals surface area contributed by atoms with Crippen LogP contribution in [-0.2, 0) is 25.4 Å². The predicted octanol–water partition coefficient (Wildman–Crippen LogP) is 3.37. The highest BCUT2D eigenvalue weighted by molar-refractivity contribution is 5.72. The molecule has 1 N–H and O–H groups in total. The number of carbonyl (C=O) groups is 2. The predicted molar refractivity (Wildman–Crippen MR) is 113 cm³/mol. The summed E-state index contributed by atoms with van der Waals surface area (Å²) in [5, 5.41) is 9.17. The van der Waals surface area contributed by atoms with Crippen molar-refractivity contribution in [1.29, 1.82) is 0 Å². The van der Waals surface area contributed by atoms with Gasteiger partial charge in [-0.05, 0) is 38.0 Å². The van der Waals surface area contributed by atoms with Crippen LogP contribution >= 0.6 is 0 Å². The molecule has 0 heterocycles. The molecule has 0 aliphatic carbocycles. The van der Waals surface area contributed by atoms with E-state index < -0.39 is 12.1 Å². The molecule has 1 atom stereocenters. The minimum Gasteiger partial charge on any atom is -0.492 e. The number of aliphatic carboxylic acids is 1. The fraction of sp³-hybridized carbons (Fsp3) is 0.636. The maximum atomic E-state index is 12.1. The van der Waals surface area contributed by atoms with E-state index in [9.17, 15) is 14.7 Å². The molecule has 1 unspecified atom stereocenters. The highest BCUT2D eigenvalue weighted by Crippen LogP contribution is 2.15. The smallest absolute Gasteiger partial charge is 0.409 e. The van der Waals surface area contributed by atoms with Crippen LogP contribution in [0.1, 0.15) is 39.2 Å². The summed E-state index contributed by atoms with van der Waals surface area (Å²) in [4.78, 5) is 24.9. The Morgan fingerprint density at radius 1 is 1.00 bits per heavy atom. The lowest BCUT2D eigenvalue weighted by Crippen LogP contribution is -2.37. The first-order valence-electron chi connectivity index (χ1n) is 10.6. The van der Waals surface area contributed by atoms with E-state index in [0.717, 1.165) is 18.4 Å². The second-order valence-corrected chi connectivity index (χ2v) is 6.63. The van der Waals surface area contributed by atoms with Gasteiger partial charge in [0.05, 0.1) is 19.8 Å². The zero-order valence-electron chi connectivity index (χ0n) is 18.3. The second-order valence-electron chi connectivity index (χ2n) is 6.63. The number of carboxylic acid groups (broad SMARTS) is 1. The molecule has 0 radical (unpaired) electrons. The van der Waals surface area contributed by atoms with E-state index in [4.69, 9.17) is 18.9 Å². The van der Waals surface area contributed by atoms with E-state index in [1.54, 1.807) is 30.9 Å². The third kappa shape index (κ3) is 10.5. The number of carboxylic acids is 1. The molecule has 0 saturated heterocycles. The van der Waals surface area contributed by atoms with Gasteiger partial charge in [-0.15, -0.1) is 0 Å². The Hall–Kier alpha value is -2.32. The van der Waals surface area contributed by atoms with Crippen LogP contribution in [0.5, 0.6) is 5.75 Å². The summed E-state index contributed by atoms with van der Waals surface area (Å²) in [7, 11) is 0. The van der Waals surface area contributed by atoms with Gasteiger partial charge < -0.3 is 29.0 Å². The lowest BCUT2D eigenvalue weighted by atomic mass is 10.1. The molecule has 1 amide bonds. The van der Waals surface area contributed by atoms with Crippen molar-refractivity contribution >= 4 is 12.1 Å². The molecule has 0 aliphatic heterocycles. The monoisotopic (exact) mass is 425 g/mol. The molecule has 8 nitrogen and oxygen atoms in total. The molecular weight excluding hydrogens is 390 g/mol. The summed E-state index contributed by atoms with van der Waals surface area (Å²) >= 11 is 0. The molecule has 1 aromatic rings. The van der Waals surface area contributed by atoms with Gasteiger partial charge >= 0.3 is 12.1 Å². The van der Waals surface area contributed by atoms with Crippen molar-refractivity contribution in [2.75, 3.05) is 46.1 Å². The molecule has 0 bridgehead atoms. The average molecular weight is 426 g/mol. The van der Waals surface area contributed by atoms with Gasteiger partial charge in [-0.1, -0.05) is 25.5 Å². The molecule has 8 heteroatoms. The summed E-state index contributed by atoms with van der Waals surface area (Å²) in [6, 6.07) is 7.19. The maximum Gasteiger partial charge on any atom is 0.409 e. The van der Waals surface area contributed by atoms with Gasteiger partial charge in [-0.2, -0.15) is 0 Å². The fourth-order valence-electron chi connectivity index (χ4n) is 2.66. The number of hydrogen-bond donors (Lipinski definition) is 1. The first-order valence-corrected chi connectivity index (χ1v) is 10.6. The lowest BCUT2D eigenvalue weighted by molar-refractivity contribution is -0.149. The molecule has 1 aromatic carbocycles. The van der Waals surface area contributed by atoms with Gasteiger partial charge in [-0.25, -0.2) is 9.59 Å². The molecule has 30 heavy (non-hydrogen) atoms. The van der Waals surface area contributed by atoms with Crippen LogP contribution < -0.4 is 4.74 Å². The van der Waals surface area contributed by atoms with E-state index in [2.05, 4.69) is 6.92 Å². The number of amides is 1. The van der Waals surface area contributed by atoms with Gasteiger partial charge in [0.25, 0.3) is 0 Å². The van der Waals surface area contributed by atoms with Crippen molar-refractivity contribution in [1.82, 2.24) is 4.90 Å². The van der Waals surface area contributed by atoms with E-state index in [1.807, 2.05) is 12.1 Å². The number of ether oxygens (including phenoxy) is 4. The lowest BCUT2D eigenvalue weighted by Gasteiger charge is -2.22. The standard InChI is InChI=1S/C22H35NO7/c1-4-7-14-27-15-12-23(22(26)29-6-3)13-16-30-19-10-8-18(9-11-19)17-20(21(24)25)28-5-2/h8-11,20H,4-7,12-17H2,1-3H3,(H,24,25). The summed E-state index contributed by atoms with van der Waals surface area (Å²) in [5.74, 6) is -0.333. The van der Waals surface area contributed by atoms with Crippen molar-refractivity contribution in [3.05, 3.63) is 29.8 Å². The van der Waals surface area contributed by atoms with Crippen LogP contribution in [0.15, 0.2) is 24.3 Å². The van der Waals surface area contributed by atoms with E-state index in [0.29, 0.717) is 51.9 Å². The van der Waals surface area contributed by atoms with Crippen LogP contribution in [0.2, 0.25) is 0 Å². The zero-order chi connectivity index (χ0) is 22.2. The van der Waals surface area contributed by atoms with E-state index >= 15 is 0 Å². The van der Waals surface area contributed by atoms with Crippen LogP contribution in [0.3, 0.4) is 0 Å². The molecule has 0 saturated carbocycles. The maximum absolute atomic E-state index is 12.1. The number of benzene rings is 1. The Morgan fingerprint density at radius 2 is 1.70 bits per heavy atom. The molecule has 0 fully saturated rings. The van der Waals surface area contributed by atoms with Gasteiger partial charge in [-0.3, -0.25) is 0 Å². The van der Waals surface area contributed by atoms with Gasteiger partial charge in [0.2, 0.25) is 0 Å². The Labute approximate surface area is 179 Å². The minimum atomic E-state index is -0.977. The summed E-state index contributed by atoms with van der Waals surface area (Å²) in [6.45, 7) is 8.57. The van der Waals surface area contributed by atoms with E-state index in [1.165, 1.54) is 0 Å². The molecule has 0 aromatic heterocycles. The number of rotatable bonds is 16. The molecular formula is C22H35NO7. The number of nitrogens with zero attached hydrogens (tertiary/aromatic N) is 1. The first kappa shape index (κ1) is 25.7. The van der Waals surface area contributed by atoms with Crippen LogP contribution in [0, 0.1) is 0 Å². The largest absolute Gasteiger partial charge is 0.492 e. The van der Waals surface area contributed by atoms with Crippen LogP contribution in [0.25, 0.3) is 0 Å². The Balaban J connectivity index is 2.48. The SMILES string of the molecule is CCCCOCCN(CCOc1ccc(CC(OCC)C(=O)O)cc1)C(=O)OCC. The second kappa shape index (κ2) is 15.5. The average Bonchev–Trinajstić information content (AvgIpc) is 2.73. The summed E-state index contributed by atoms with van der Waals surface area (Å²) in [6.07, 6.45) is 1.11. The first-order chi connectivity index (χ1) is 14.5. The topological polar surface area (TPSA) is 94.5 Å².